The van der Waals surface area contributed by atoms with Gasteiger partial charge in [0.25, 0.3) is 0 Å². The average Bonchev–Trinajstić information content (AvgIpc) is 2.56. The lowest BCUT2D eigenvalue weighted by Crippen LogP contribution is -2.09. The molecule has 2 aromatic rings. The summed E-state index contributed by atoms with van der Waals surface area (Å²) in [5, 5.41) is 5.71. The molecule has 1 heterocycles. The van der Waals surface area contributed by atoms with Crippen LogP contribution in [0.4, 0.5) is 0 Å². The minimum Gasteiger partial charge on any atom is -0.330 e. The highest BCUT2D eigenvalue weighted by Gasteiger charge is 2.14. The fourth-order valence-electron chi connectivity index (χ4n) is 1.79. The predicted molar refractivity (Wildman–Crippen MR) is 65.9 cm³/mol. The molecule has 0 saturated carbocycles. The van der Waals surface area contributed by atoms with Crippen LogP contribution in [-0.2, 0) is 7.05 Å². The van der Waals surface area contributed by atoms with E-state index >= 15 is 0 Å². The molecule has 4 heteroatoms. The lowest BCUT2D eigenvalue weighted by atomic mass is 10.0. The summed E-state index contributed by atoms with van der Waals surface area (Å²) in [6, 6.07) is 6.15. The zero-order chi connectivity index (χ0) is 11.0. The number of nitrogens with zero attached hydrogens (tertiary/aromatic N) is 2. The van der Waals surface area contributed by atoms with Crippen molar-refractivity contribution >= 4 is 26.8 Å². The molecule has 80 valence electrons. The fourth-order valence-corrected chi connectivity index (χ4v) is 2.41. The predicted octanol–water partition coefficient (Wildman–Crippen LogP) is 2.40. The van der Waals surface area contributed by atoms with Crippen molar-refractivity contribution in [1.29, 1.82) is 0 Å². The number of halogens is 1. The Kier molecular flexibility index (Phi) is 2.80. The molecular formula is C11H14BrN3. The van der Waals surface area contributed by atoms with Gasteiger partial charge in [0.2, 0.25) is 0 Å². The van der Waals surface area contributed by atoms with E-state index in [-0.39, 0.29) is 0 Å². The van der Waals surface area contributed by atoms with Gasteiger partial charge in [0.15, 0.2) is 0 Å². The lowest BCUT2D eigenvalue weighted by Gasteiger charge is -2.04. The van der Waals surface area contributed by atoms with Gasteiger partial charge in [-0.05, 0) is 22.0 Å². The molecule has 0 fully saturated rings. The number of hydrogen-bond donors (Lipinski definition) is 1. The summed E-state index contributed by atoms with van der Waals surface area (Å²) >= 11 is 3.54. The van der Waals surface area contributed by atoms with Gasteiger partial charge in [-0.2, -0.15) is 5.10 Å². The normalized spacial score (nSPS) is 13.3. The van der Waals surface area contributed by atoms with Gasteiger partial charge >= 0.3 is 0 Å². The molecule has 1 aromatic heterocycles. The van der Waals surface area contributed by atoms with Crippen LogP contribution in [0.3, 0.4) is 0 Å². The van der Waals surface area contributed by atoms with Crippen molar-refractivity contribution in [3.05, 3.63) is 28.4 Å². The third-order valence-electron chi connectivity index (χ3n) is 2.66. The molecule has 15 heavy (non-hydrogen) atoms. The molecule has 0 radical (unpaired) electrons. The first-order valence-electron chi connectivity index (χ1n) is 4.96. The van der Waals surface area contributed by atoms with Crippen molar-refractivity contribution < 1.29 is 0 Å². The summed E-state index contributed by atoms with van der Waals surface area (Å²) in [7, 11) is 1.96. The Morgan fingerprint density at radius 2 is 2.27 bits per heavy atom. The van der Waals surface area contributed by atoms with Crippen molar-refractivity contribution in [2.24, 2.45) is 12.8 Å². The van der Waals surface area contributed by atoms with Crippen LogP contribution in [0.1, 0.15) is 18.5 Å². The van der Waals surface area contributed by atoms with Crippen molar-refractivity contribution in [2.45, 2.75) is 12.8 Å². The van der Waals surface area contributed by atoms with E-state index in [0.29, 0.717) is 12.5 Å². The van der Waals surface area contributed by atoms with Crippen LogP contribution in [0.5, 0.6) is 0 Å². The Morgan fingerprint density at radius 3 is 2.93 bits per heavy atom. The van der Waals surface area contributed by atoms with Gasteiger partial charge in [-0.15, -0.1) is 0 Å². The highest BCUT2D eigenvalue weighted by atomic mass is 79.9. The van der Waals surface area contributed by atoms with E-state index in [1.54, 1.807) is 0 Å². The number of hydrogen-bond acceptors (Lipinski definition) is 2. The number of nitrogens with two attached hydrogens (primary N) is 1. The molecule has 0 aliphatic heterocycles. The third kappa shape index (κ3) is 1.68. The van der Waals surface area contributed by atoms with Gasteiger partial charge in [-0.1, -0.05) is 19.1 Å². The number of para-hydroxylation sites is 1. The second kappa shape index (κ2) is 3.94. The smallest absolute Gasteiger partial charge is 0.0824 e. The van der Waals surface area contributed by atoms with E-state index in [0.717, 1.165) is 15.7 Å². The minimum atomic E-state index is 0.294. The van der Waals surface area contributed by atoms with Crippen LogP contribution >= 0.6 is 15.9 Å². The Labute approximate surface area is 97.4 Å². The molecule has 0 spiro atoms. The first-order valence-corrected chi connectivity index (χ1v) is 5.75. The molecule has 2 rings (SSSR count). The van der Waals surface area contributed by atoms with Gasteiger partial charge in [0, 0.05) is 29.4 Å². The first-order chi connectivity index (χ1) is 7.15. The summed E-state index contributed by atoms with van der Waals surface area (Å²) in [6.45, 7) is 2.72. The van der Waals surface area contributed by atoms with Crippen LogP contribution in [0.2, 0.25) is 0 Å². The zero-order valence-electron chi connectivity index (χ0n) is 8.87. The van der Waals surface area contributed by atoms with E-state index in [1.165, 1.54) is 5.39 Å². The Balaban J connectivity index is 2.73. The van der Waals surface area contributed by atoms with Crippen molar-refractivity contribution in [1.82, 2.24) is 9.78 Å². The van der Waals surface area contributed by atoms with Crippen LogP contribution in [0.15, 0.2) is 22.7 Å². The monoisotopic (exact) mass is 267 g/mol. The molecule has 3 nitrogen and oxygen atoms in total. The second-order valence-electron chi connectivity index (χ2n) is 3.78. The van der Waals surface area contributed by atoms with E-state index < -0.39 is 0 Å². The molecule has 1 atom stereocenters. The number of aromatic nitrogens is 2. The molecule has 0 bridgehead atoms. The quantitative estimate of drug-likeness (QED) is 0.908. The summed E-state index contributed by atoms with van der Waals surface area (Å²) in [5.41, 5.74) is 7.89. The highest BCUT2D eigenvalue weighted by Crippen LogP contribution is 2.29. The van der Waals surface area contributed by atoms with Gasteiger partial charge in [-0.25, -0.2) is 0 Å². The molecule has 1 aromatic carbocycles. The van der Waals surface area contributed by atoms with Gasteiger partial charge < -0.3 is 5.73 Å². The van der Waals surface area contributed by atoms with Crippen molar-refractivity contribution in [3.63, 3.8) is 0 Å². The summed E-state index contributed by atoms with van der Waals surface area (Å²) in [4.78, 5) is 0. The number of rotatable bonds is 2. The number of benzene rings is 1. The van der Waals surface area contributed by atoms with Gasteiger partial charge in [-0.3, -0.25) is 4.68 Å². The molecule has 0 aliphatic rings. The van der Waals surface area contributed by atoms with Gasteiger partial charge in [0.05, 0.1) is 11.2 Å². The minimum absolute atomic E-state index is 0.294. The third-order valence-corrected chi connectivity index (χ3v) is 3.30. The standard InChI is InChI=1S/C11H14BrN3/c1-7(6-13)10-8-4-3-5-9(12)11(8)15(2)14-10/h3-5,7H,6,13H2,1-2H3. The molecule has 0 saturated heterocycles. The lowest BCUT2D eigenvalue weighted by molar-refractivity contribution is 0.697. The maximum Gasteiger partial charge on any atom is 0.0824 e. The maximum absolute atomic E-state index is 5.68. The largest absolute Gasteiger partial charge is 0.330 e. The van der Waals surface area contributed by atoms with Crippen LogP contribution < -0.4 is 5.73 Å². The number of fused-ring (bicyclic) bond motifs is 1. The Bertz CT molecular complexity index is 490. The average molecular weight is 268 g/mol. The summed E-state index contributed by atoms with van der Waals surface area (Å²) in [6.07, 6.45) is 0. The van der Waals surface area contributed by atoms with E-state index in [2.05, 4.69) is 34.0 Å². The van der Waals surface area contributed by atoms with Crippen LogP contribution in [0, 0.1) is 0 Å². The van der Waals surface area contributed by atoms with Crippen LogP contribution in [-0.4, -0.2) is 16.3 Å². The van der Waals surface area contributed by atoms with E-state index in [4.69, 9.17) is 5.73 Å². The summed E-state index contributed by atoms with van der Waals surface area (Å²) < 4.78 is 2.98. The van der Waals surface area contributed by atoms with Crippen LogP contribution in [0.25, 0.3) is 10.9 Å². The highest BCUT2D eigenvalue weighted by molar-refractivity contribution is 9.10. The molecule has 0 amide bonds. The van der Waals surface area contributed by atoms with Gasteiger partial charge in [0.1, 0.15) is 0 Å². The molecular weight excluding hydrogens is 254 g/mol. The second-order valence-corrected chi connectivity index (χ2v) is 4.64. The first kappa shape index (κ1) is 10.6. The fraction of sp³-hybridized carbons (Fsp3) is 0.364. The topological polar surface area (TPSA) is 43.8 Å². The molecule has 1 unspecified atom stereocenters. The Hall–Kier alpha value is -0.870. The Morgan fingerprint density at radius 1 is 1.53 bits per heavy atom. The number of aryl methyl sites for hydroxylation is 1. The van der Waals surface area contributed by atoms with E-state index in [1.807, 2.05) is 23.9 Å². The zero-order valence-corrected chi connectivity index (χ0v) is 10.5. The summed E-state index contributed by atoms with van der Waals surface area (Å²) in [5.74, 6) is 0.294. The van der Waals surface area contributed by atoms with E-state index in [9.17, 15) is 0 Å². The maximum atomic E-state index is 5.68. The molecule has 2 N–H and O–H groups in total. The van der Waals surface area contributed by atoms with Crippen molar-refractivity contribution in [2.75, 3.05) is 6.54 Å². The SMILES string of the molecule is CC(CN)c1nn(C)c2c(Br)cccc12. The van der Waals surface area contributed by atoms with Crippen molar-refractivity contribution in [3.8, 4) is 0 Å². The molecule has 0 aliphatic carbocycles.